The van der Waals surface area contributed by atoms with Gasteiger partial charge in [-0.25, -0.2) is 0 Å². The van der Waals surface area contributed by atoms with Gasteiger partial charge in [0.2, 0.25) is 0 Å². The summed E-state index contributed by atoms with van der Waals surface area (Å²) in [5.41, 5.74) is 0.138. The van der Waals surface area contributed by atoms with E-state index in [1.54, 1.807) is 0 Å². The van der Waals surface area contributed by atoms with Gasteiger partial charge in [-0.3, -0.25) is 4.90 Å². The molecule has 4 heteroatoms. The highest BCUT2D eigenvalue weighted by atomic mass is 19.3. The van der Waals surface area contributed by atoms with Gasteiger partial charge in [0.15, 0.2) is 0 Å². The summed E-state index contributed by atoms with van der Waals surface area (Å²) in [6, 6.07) is 0. The lowest BCUT2D eigenvalue weighted by Crippen LogP contribution is -2.34. The third-order valence-electron chi connectivity index (χ3n) is 3.29. The fourth-order valence-corrected chi connectivity index (χ4v) is 2.66. The van der Waals surface area contributed by atoms with Gasteiger partial charge >= 0.3 is 6.61 Å². The Balaban J connectivity index is 1.94. The van der Waals surface area contributed by atoms with Crippen LogP contribution in [0.25, 0.3) is 0 Å². The molecule has 0 saturated carbocycles. The number of nitrogens with zero attached hydrogens (tertiary/aromatic N) is 1. The lowest BCUT2D eigenvalue weighted by molar-refractivity contribution is -0.159. The first kappa shape index (κ1) is 9.34. The van der Waals surface area contributed by atoms with Crippen molar-refractivity contribution in [3.8, 4) is 0 Å². The van der Waals surface area contributed by atoms with Crippen LogP contribution in [0.15, 0.2) is 0 Å². The summed E-state index contributed by atoms with van der Waals surface area (Å²) in [6.45, 7) is 1.25. The van der Waals surface area contributed by atoms with E-state index in [0.717, 1.165) is 19.4 Å². The molecule has 0 spiro atoms. The number of ether oxygens (including phenoxy) is 1. The van der Waals surface area contributed by atoms with Crippen molar-refractivity contribution in [1.82, 2.24) is 4.90 Å². The largest absolute Gasteiger partial charge is 0.345 e. The van der Waals surface area contributed by atoms with Gasteiger partial charge in [0.1, 0.15) is 0 Å². The van der Waals surface area contributed by atoms with Gasteiger partial charge in [0.25, 0.3) is 0 Å². The highest BCUT2D eigenvalue weighted by Gasteiger charge is 2.45. The maximum atomic E-state index is 11.9. The quantitative estimate of drug-likeness (QED) is 0.660. The molecular formula is C9H15F2NO. The molecule has 2 rings (SSSR count). The van der Waals surface area contributed by atoms with Crippen LogP contribution in [0.5, 0.6) is 0 Å². The van der Waals surface area contributed by atoms with E-state index < -0.39 is 6.61 Å². The number of hydrogen-bond acceptors (Lipinski definition) is 2. The molecule has 0 amide bonds. The third kappa shape index (κ3) is 1.70. The van der Waals surface area contributed by atoms with E-state index in [9.17, 15) is 8.78 Å². The molecule has 0 N–H and O–H groups in total. The maximum Gasteiger partial charge on any atom is 0.345 e. The van der Waals surface area contributed by atoms with Crippen molar-refractivity contribution in [2.24, 2.45) is 0 Å². The van der Waals surface area contributed by atoms with Crippen LogP contribution >= 0.6 is 0 Å². The fraction of sp³-hybridized carbons (Fsp3) is 1.00. The number of hydrogen-bond donors (Lipinski definition) is 0. The minimum atomic E-state index is -2.62. The van der Waals surface area contributed by atoms with Gasteiger partial charge in [-0.1, -0.05) is 0 Å². The maximum absolute atomic E-state index is 11.9. The van der Waals surface area contributed by atoms with Gasteiger partial charge in [-0.2, -0.15) is 8.78 Å². The first-order valence-corrected chi connectivity index (χ1v) is 4.79. The Kier molecular flexibility index (Phi) is 2.28. The summed E-state index contributed by atoms with van der Waals surface area (Å²) < 4.78 is 28.4. The average Bonchev–Trinajstić information content (AvgIpc) is 2.40. The highest BCUT2D eigenvalue weighted by molar-refractivity contribution is 5.00. The van der Waals surface area contributed by atoms with Gasteiger partial charge < -0.3 is 4.74 Å². The van der Waals surface area contributed by atoms with Crippen molar-refractivity contribution in [2.45, 2.75) is 44.4 Å². The Bertz CT molecular complexity index is 200. The van der Waals surface area contributed by atoms with E-state index in [2.05, 4.69) is 16.6 Å². The van der Waals surface area contributed by atoms with Gasteiger partial charge in [0.05, 0.1) is 6.10 Å². The van der Waals surface area contributed by atoms with Crippen LogP contribution in [0.1, 0.15) is 26.2 Å². The molecule has 0 aromatic heterocycles. The molecule has 2 fully saturated rings. The van der Waals surface area contributed by atoms with Crippen LogP contribution < -0.4 is 0 Å². The van der Waals surface area contributed by atoms with Gasteiger partial charge in [-0.15, -0.1) is 0 Å². The SMILES string of the molecule is CC12CCCN1CC(OC(F)F)C2. The lowest BCUT2D eigenvalue weighted by Gasteiger charge is -2.26. The van der Waals surface area contributed by atoms with Crippen LogP contribution in [0.3, 0.4) is 0 Å². The zero-order chi connectivity index (χ0) is 9.47. The summed E-state index contributed by atoms with van der Waals surface area (Å²) in [6.07, 6.45) is 2.82. The number of fused-ring (bicyclic) bond motifs is 1. The second kappa shape index (κ2) is 3.17. The number of halogens is 2. The zero-order valence-electron chi connectivity index (χ0n) is 7.80. The Hall–Kier alpha value is -0.220. The molecule has 0 aliphatic carbocycles. The minimum Gasteiger partial charge on any atom is -0.318 e. The van der Waals surface area contributed by atoms with Crippen molar-refractivity contribution in [2.75, 3.05) is 13.1 Å². The van der Waals surface area contributed by atoms with Gasteiger partial charge in [0, 0.05) is 12.1 Å². The predicted octanol–water partition coefficient (Wildman–Crippen LogP) is 1.85. The molecule has 2 heterocycles. The van der Waals surface area contributed by atoms with Crippen LogP contribution in [0, 0.1) is 0 Å². The normalized spacial score (nSPS) is 40.2. The van der Waals surface area contributed by atoms with Crippen molar-refractivity contribution in [3.63, 3.8) is 0 Å². The predicted molar refractivity (Wildman–Crippen MR) is 44.7 cm³/mol. The summed E-state index contributed by atoms with van der Waals surface area (Å²) in [5.74, 6) is 0. The minimum absolute atomic E-state index is 0.138. The van der Waals surface area contributed by atoms with Crippen molar-refractivity contribution in [3.05, 3.63) is 0 Å². The second-order valence-electron chi connectivity index (χ2n) is 4.27. The molecule has 0 aromatic carbocycles. The summed E-state index contributed by atoms with van der Waals surface area (Å²) >= 11 is 0. The third-order valence-corrected chi connectivity index (χ3v) is 3.29. The van der Waals surface area contributed by atoms with Crippen LogP contribution in [0.2, 0.25) is 0 Å². The molecule has 0 radical (unpaired) electrons. The molecule has 2 aliphatic rings. The van der Waals surface area contributed by atoms with Crippen molar-refractivity contribution >= 4 is 0 Å². The van der Waals surface area contributed by atoms with E-state index >= 15 is 0 Å². The number of alkyl halides is 2. The summed E-state index contributed by atoms with van der Waals surface area (Å²) in [5, 5.41) is 0. The molecular weight excluding hydrogens is 176 g/mol. The Morgan fingerprint density at radius 1 is 1.54 bits per heavy atom. The summed E-state index contributed by atoms with van der Waals surface area (Å²) in [4.78, 5) is 2.28. The van der Waals surface area contributed by atoms with E-state index in [1.165, 1.54) is 6.42 Å². The van der Waals surface area contributed by atoms with Crippen molar-refractivity contribution < 1.29 is 13.5 Å². The first-order valence-electron chi connectivity index (χ1n) is 4.79. The van der Waals surface area contributed by atoms with Crippen LogP contribution in [-0.4, -0.2) is 36.2 Å². The summed E-state index contributed by atoms with van der Waals surface area (Å²) in [7, 11) is 0. The molecule has 13 heavy (non-hydrogen) atoms. The molecule has 2 nitrogen and oxygen atoms in total. The lowest BCUT2D eigenvalue weighted by atomic mass is 9.96. The van der Waals surface area contributed by atoms with E-state index in [-0.39, 0.29) is 11.6 Å². The standard InChI is InChI=1S/C9H15F2NO/c1-9-3-2-4-12(9)6-7(5-9)13-8(10)11/h7-8H,2-6H2,1H3. The topological polar surface area (TPSA) is 12.5 Å². The Morgan fingerprint density at radius 3 is 2.92 bits per heavy atom. The molecule has 2 aliphatic heterocycles. The van der Waals surface area contributed by atoms with E-state index in [1.807, 2.05) is 0 Å². The Morgan fingerprint density at radius 2 is 2.31 bits per heavy atom. The molecule has 0 aromatic rings. The van der Waals surface area contributed by atoms with Crippen LogP contribution in [0.4, 0.5) is 8.78 Å². The number of rotatable bonds is 2. The molecule has 0 bridgehead atoms. The van der Waals surface area contributed by atoms with Crippen molar-refractivity contribution in [1.29, 1.82) is 0 Å². The molecule has 2 saturated heterocycles. The van der Waals surface area contributed by atoms with Gasteiger partial charge in [-0.05, 0) is 32.7 Å². The molecule has 2 unspecified atom stereocenters. The average molecular weight is 191 g/mol. The monoisotopic (exact) mass is 191 g/mol. The molecule has 76 valence electrons. The van der Waals surface area contributed by atoms with E-state index in [0.29, 0.717) is 6.54 Å². The van der Waals surface area contributed by atoms with E-state index in [4.69, 9.17) is 0 Å². The highest BCUT2D eigenvalue weighted by Crippen LogP contribution is 2.39. The first-order chi connectivity index (χ1) is 6.10. The Labute approximate surface area is 76.9 Å². The smallest absolute Gasteiger partial charge is 0.318 e. The second-order valence-corrected chi connectivity index (χ2v) is 4.27. The fourth-order valence-electron chi connectivity index (χ4n) is 2.66. The molecule has 2 atom stereocenters. The zero-order valence-corrected chi connectivity index (χ0v) is 7.80. The van der Waals surface area contributed by atoms with Crippen LogP contribution in [-0.2, 0) is 4.74 Å².